The lowest BCUT2D eigenvalue weighted by Gasteiger charge is -2.34. The molecule has 2 rings (SSSR count). The molecule has 6 heteroatoms. The number of hydrogen-bond donors (Lipinski definition) is 2. The van der Waals surface area contributed by atoms with Gasteiger partial charge in [0.2, 0.25) is 5.91 Å². The monoisotopic (exact) mass is 293 g/mol. The summed E-state index contributed by atoms with van der Waals surface area (Å²) in [5.41, 5.74) is 7.61. The van der Waals surface area contributed by atoms with Crippen LogP contribution >= 0.6 is 0 Å². The number of hydrogen-bond acceptors (Lipinski definition) is 5. The third-order valence-corrected chi connectivity index (χ3v) is 3.37. The van der Waals surface area contributed by atoms with Crippen LogP contribution in [0.5, 0.6) is 5.75 Å². The van der Waals surface area contributed by atoms with E-state index in [0.717, 1.165) is 17.0 Å². The fourth-order valence-electron chi connectivity index (χ4n) is 2.38. The molecule has 1 heterocycles. The van der Waals surface area contributed by atoms with E-state index < -0.39 is 0 Å². The number of carbonyl (C=O) groups is 1. The Balaban J connectivity index is 2.06. The van der Waals surface area contributed by atoms with Crippen LogP contribution in [-0.4, -0.2) is 45.4 Å². The molecule has 1 atom stereocenters. The summed E-state index contributed by atoms with van der Waals surface area (Å²) in [7, 11) is 1.61. The summed E-state index contributed by atoms with van der Waals surface area (Å²) in [5, 5.41) is 2.83. The van der Waals surface area contributed by atoms with Crippen LogP contribution in [0.2, 0.25) is 0 Å². The topological polar surface area (TPSA) is 76.8 Å². The molecule has 1 aliphatic rings. The average Bonchev–Trinajstić information content (AvgIpc) is 2.46. The largest absolute Gasteiger partial charge is 0.487 e. The molecule has 6 nitrogen and oxygen atoms in total. The predicted molar refractivity (Wildman–Crippen MR) is 81.5 cm³/mol. The molecule has 0 fully saturated rings. The summed E-state index contributed by atoms with van der Waals surface area (Å²) < 4.78 is 10.8. The molecule has 3 N–H and O–H groups in total. The summed E-state index contributed by atoms with van der Waals surface area (Å²) >= 11 is 0. The Labute approximate surface area is 125 Å². The van der Waals surface area contributed by atoms with Gasteiger partial charge in [-0.2, -0.15) is 0 Å². The molecule has 0 aliphatic carbocycles. The van der Waals surface area contributed by atoms with E-state index in [1.807, 2.05) is 30.0 Å². The lowest BCUT2D eigenvalue weighted by molar-refractivity contribution is -0.120. The van der Waals surface area contributed by atoms with Gasteiger partial charge in [-0.05, 0) is 24.6 Å². The maximum Gasteiger partial charge on any atom is 0.239 e. The Morgan fingerprint density at radius 2 is 2.38 bits per heavy atom. The molecule has 1 amide bonds. The van der Waals surface area contributed by atoms with Crippen molar-refractivity contribution in [3.63, 3.8) is 0 Å². The smallest absolute Gasteiger partial charge is 0.239 e. The number of nitrogens with zero attached hydrogens (tertiary/aromatic N) is 1. The summed E-state index contributed by atoms with van der Waals surface area (Å²) in [6.45, 7) is 4.51. The van der Waals surface area contributed by atoms with Crippen molar-refractivity contribution in [1.29, 1.82) is 0 Å². The lowest BCUT2D eigenvalue weighted by atomic mass is 10.1. The first-order valence-electron chi connectivity index (χ1n) is 7.14. The molecule has 1 aromatic rings. The van der Waals surface area contributed by atoms with Crippen molar-refractivity contribution in [3.05, 3.63) is 23.8 Å². The Morgan fingerprint density at radius 1 is 1.57 bits per heavy atom. The van der Waals surface area contributed by atoms with E-state index in [1.54, 1.807) is 7.11 Å². The van der Waals surface area contributed by atoms with Gasteiger partial charge < -0.3 is 25.4 Å². The van der Waals surface area contributed by atoms with E-state index in [9.17, 15) is 4.79 Å². The second-order valence-corrected chi connectivity index (χ2v) is 5.16. The van der Waals surface area contributed by atoms with Gasteiger partial charge in [0.15, 0.2) is 0 Å². The predicted octanol–water partition coefficient (Wildman–Crippen LogP) is 0.495. The van der Waals surface area contributed by atoms with E-state index >= 15 is 0 Å². The van der Waals surface area contributed by atoms with Crippen LogP contribution in [0.25, 0.3) is 0 Å². The summed E-state index contributed by atoms with van der Waals surface area (Å²) in [6.07, 6.45) is 0.0392. The first-order chi connectivity index (χ1) is 10.1. The van der Waals surface area contributed by atoms with E-state index in [-0.39, 0.29) is 12.0 Å². The maximum absolute atomic E-state index is 12.0. The van der Waals surface area contributed by atoms with E-state index in [1.165, 1.54) is 0 Å². The number of benzene rings is 1. The third kappa shape index (κ3) is 4.09. The standard InChI is InChI=1S/C15H23N3O3/c1-11-9-18(10-15(19)17-5-6-20-2)13-4-3-12(8-16)7-14(13)21-11/h3-4,7,11H,5-6,8-10,16H2,1-2H3,(H,17,19). The Morgan fingerprint density at radius 3 is 3.10 bits per heavy atom. The zero-order valence-electron chi connectivity index (χ0n) is 12.6. The molecule has 0 spiro atoms. The van der Waals surface area contributed by atoms with Gasteiger partial charge in [-0.15, -0.1) is 0 Å². The fraction of sp³-hybridized carbons (Fsp3) is 0.533. The highest BCUT2D eigenvalue weighted by Gasteiger charge is 2.24. The van der Waals surface area contributed by atoms with Gasteiger partial charge in [-0.25, -0.2) is 0 Å². The van der Waals surface area contributed by atoms with Gasteiger partial charge in [0, 0.05) is 20.2 Å². The highest BCUT2D eigenvalue weighted by atomic mass is 16.5. The van der Waals surface area contributed by atoms with Gasteiger partial charge in [0.05, 0.1) is 25.4 Å². The van der Waals surface area contributed by atoms with Gasteiger partial charge in [-0.1, -0.05) is 6.07 Å². The van der Waals surface area contributed by atoms with Crippen LogP contribution < -0.4 is 20.7 Å². The number of fused-ring (bicyclic) bond motifs is 1. The first kappa shape index (κ1) is 15.6. The Bertz CT molecular complexity index is 493. The second kappa shape index (κ2) is 7.28. The minimum Gasteiger partial charge on any atom is -0.487 e. The summed E-state index contributed by atoms with van der Waals surface area (Å²) in [4.78, 5) is 14.0. The SMILES string of the molecule is COCCNC(=O)CN1CC(C)Oc2cc(CN)ccc21. The van der Waals surface area contributed by atoms with Gasteiger partial charge in [0.1, 0.15) is 11.9 Å². The number of rotatable bonds is 6. The molecule has 0 aromatic heterocycles. The van der Waals surface area contributed by atoms with Gasteiger partial charge in [-0.3, -0.25) is 4.79 Å². The second-order valence-electron chi connectivity index (χ2n) is 5.16. The van der Waals surface area contributed by atoms with Crippen molar-refractivity contribution in [2.24, 2.45) is 5.73 Å². The van der Waals surface area contributed by atoms with Crippen molar-refractivity contribution in [1.82, 2.24) is 5.32 Å². The van der Waals surface area contributed by atoms with E-state index in [4.69, 9.17) is 15.2 Å². The highest BCUT2D eigenvalue weighted by Crippen LogP contribution is 2.34. The number of anilines is 1. The first-order valence-corrected chi connectivity index (χ1v) is 7.14. The normalized spacial score (nSPS) is 17.1. The van der Waals surface area contributed by atoms with Crippen LogP contribution in [0.1, 0.15) is 12.5 Å². The molecule has 21 heavy (non-hydrogen) atoms. The third-order valence-electron chi connectivity index (χ3n) is 3.37. The molecule has 0 saturated carbocycles. The molecular formula is C15H23N3O3. The summed E-state index contributed by atoms with van der Waals surface area (Å²) in [5.74, 6) is 0.774. The number of methoxy groups -OCH3 is 1. The Kier molecular flexibility index (Phi) is 5.41. The molecule has 1 aromatic carbocycles. The number of nitrogens with one attached hydrogen (secondary N) is 1. The minimum absolute atomic E-state index is 0.0185. The molecule has 116 valence electrons. The minimum atomic E-state index is -0.0185. The van der Waals surface area contributed by atoms with Crippen molar-refractivity contribution >= 4 is 11.6 Å². The van der Waals surface area contributed by atoms with Crippen molar-refractivity contribution < 1.29 is 14.3 Å². The van der Waals surface area contributed by atoms with E-state index in [0.29, 0.717) is 32.8 Å². The van der Waals surface area contributed by atoms with Gasteiger partial charge in [0.25, 0.3) is 0 Å². The number of amides is 1. The average molecular weight is 293 g/mol. The molecule has 1 unspecified atom stereocenters. The van der Waals surface area contributed by atoms with Crippen molar-refractivity contribution in [2.75, 3.05) is 38.3 Å². The van der Waals surface area contributed by atoms with Crippen molar-refractivity contribution in [2.45, 2.75) is 19.6 Å². The van der Waals surface area contributed by atoms with Gasteiger partial charge >= 0.3 is 0 Å². The number of nitrogens with two attached hydrogens (primary N) is 1. The molecular weight excluding hydrogens is 270 g/mol. The highest BCUT2D eigenvalue weighted by molar-refractivity contribution is 5.82. The summed E-state index contributed by atoms with van der Waals surface area (Å²) in [6, 6.07) is 5.88. The van der Waals surface area contributed by atoms with Crippen LogP contribution in [0, 0.1) is 0 Å². The Hall–Kier alpha value is -1.79. The van der Waals surface area contributed by atoms with Crippen LogP contribution in [0.15, 0.2) is 18.2 Å². The molecule has 0 saturated heterocycles. The lowest BCUT2D eigenvalue weighted by Crippen LogP contribution is -2.44. The quantitative estimate of drug-likeness (QED) is 0.747. The van der Waals surface area contributed by atoms with Crippen LogP contribution in [0.3, 0.4) is 0 Å². The molecule has 0 bridgehead atoms. The zero-order chi connectivity index (χ0) is 15.2. The zero-order valence-corrected chi connectivity index (χ0v) is 12.6. The number of ether oxygens (including phenoxy) is 2. The van der Waals surface area contributed by atoms with Crippen LogP contribution in [0.4, 0.5) is 5.69 Å². The van der Waals surface area contributed by atoms with Crippen molar-refractivity contribution in [3.8, 4) is 5.75 Å². The number of carbonyl (C=O) groups excluding carboxylic acids is 1. The van der Waals surface area contributed by atoms with E-state index in [2.05, 4.69) is 5.32 Å². The molecule has 1 aliphatic heterocycles. The molecule has 0 radical (unpaired) electrons. The van der Waals surface area contributed by atoms with Crippen LogP contribution in [-0.2, 0) is 16.1 Å². The maximum atomic E-state index is 12.0. The fourth-order valence-corrected chi connectivity index (χ4v) is 2.38.